The van der Waals surface area contributed by atoms with E-state index in [0.717, 1.165) is 33.1 Å². The zero-order valence-corrected chi connectivity index (χ0v) is 24.8. The van der Waals surface area contributed by atoms with E-state index < -0.39 is 0 Å². The maximum atomic E-state index is 6.64. The molecule has 9 aromatic rings. The van der Waals surface area contributed by atoms with Crippen LogP contribution in [0.3, 0.4) is 0 Å². The summed E-state index contributed by atoms with van der Waals surface area (Å²) in [7, 11) is 0. The van der Waals surface area contributed by atoms with Gasteiger partial charge in [-0.05, 0) is 93.4 Å². The van der Waals surface area contributed by atoms with Crippen molar-refractivity contribution in [1.82, 2.24) is 9.13 Å². The maximum Gasteiger partial charge on any atom is 0.161 e. The van der Waals surface area contributed by atoms with Gasteiger partial charge in [-0.2, -0.15) is 0 Å². The number of nitrogens with zero attached hydrogens (tertiary/aromatic N) is 2. The molecular formula is C38H28N2OS. The smallest absolute Gasteiger partial charge is 0.161 e. The van der Waals surface area contributed by atoms with E-state index in [9.17, 15) is 0 Å². The number of rotatable bonds is 2. The summed E-state index contributed by atoms with van der Waals surface area (Å²) in [6, 6.07) is 35.9. The molecule has 4 heterocycles. The van der Waals surface area contributed by atoms with Crippen molar-refractivity contribution in [3.63, 3.8) is 0 Å². The van der Waals surface area contributed by atoms with Gasteiger partial charge in [0.2, 0.25) is 0 Å². The molecule has 42 heavy (non-hydrogen) atoms. The molecule has 0 amide bonds. The van der Waals surface area contributed by atoms with E-state index in [1.165, 1.54) is 64.7 Å². The minimum Gasteiger partial charge on any atom is -0.454 e. The van der Waals surface area contributed by atoms with Crippen molar-refractivity contribution in [2.75, 3.05) is 0 Å². The fourth-order valence-corrected chi connectivity index (χ4v) is 7.91. The second kappa shape index (κ2) is 8.37. The highest BCUT2D eigenvalue weighted by Crippen LogP contribution is 2.47. The van der Waals surface area contributed by atoms with E-state index in [-0.39, 0.29) is 0 Å². The highest BCUT2D eigenvalue weighted by atomic mass is 32.1. The van der Waals surface area contributed by atoms with Gasteiger partial charge in [-0.15, -0.1) is 11.3 Å². The Kier molecular flexibility index (Phi) is 4.76. The van der Waals surface area contributed by atoms with Crippen LogP contribution in [0.4, 0.5) is 0 Å². The Hall–Kier alpha value is -4.80. The summed E-state index contributed by atoms with van der Waals surface area (Å²) in [5.41, 5.74) is 14.0. The molecule has 0 fully saturated rings. The molecule has 0 spiro atoms. The first kappa shape index (κ1) is 23.9. The number of furan rings is 1. The molecule has 0 saturated heterocycles. The molecule has 0 aliphatic carbocycles. The van der Waals surface area contributed by atoms with Gasteiger partial charge in [-0.3, -0.25) is 0 Å². The van der Waals surface area contributed by atoms with Crippen molar-refractivity contribution >= 4 is 75.5 Å². The van der Waals surface area contributed by atoms with Crippen LogP contribution in [0.5, 0.6) is 0 Å². The van der Waals surface area contributed by atoms with Crippen LogP contribution in [0.15, 0.2) is 101 Å². The Morgan fingerprint density at radius 1 is 0.500 bits per heavy atom. The Balaban J connectivity index is 1.47. The topological polar surface area (TPSA) is 23.0 Å². The second-order valence-electron chi connectivity index (χ2n) is 11.8. The number of aromatic nitrogens is 2. The summed E-state index contributed by atoms with van der Waals surface area (Å²) < 4.78 is 14.1. The second-order valence-corrected chi connectivity index (χ2v) is 12.8. The van der Waals surface area contributed by atoms with Crippen LogP contribution in [0.25, 0.3) is 75.6 Å². The third kappa shape index (κ3) is 3.21. The van der Waals surface area contributed by atoms with Crippen LogP contribution in [-0.2, 0) is 0 Å². The molecule has 4 aromatic heterocycles. The molecule has 0 saturated carbocycles. The summed E-state index contributed by atoms with van der Waals surface area (Å²) >= 11 is 1.88. The lowest BCUT2D eigenvalue weighted by Crippen LogP contribution is -1.95. The zero-order valence-electron chi connectivity index (χ0n) is 23.9. The fourth-order valence-electron chi connectivity index (χ4n) is 6.67. The molecule has 0 aliphatic heterocycles. The molecule has 0 atom stereocenters. The third-order valence-electron chi connectivity index (χ3n) is 8.76. The van der Waals surface area contributed by atoms with Crippen LogP contribution in [0.1, 0.15) is 22.3 Å². The van der Waals surface area contributed by atoms with Crippen molar-refractivity contribution in [2.24, 2.45) is 0 Å². The highest BCUT2D eigenvalue weighted by molar-refractivity contribution is 7.26. The fraction of sp³-hybridized carbons (Fsp3) is 0.105. The minimum absolute atomic E-state index is 0.936. The summed E-state index contributed by atoms with van der Waals surface area (Å²) in [5, 5.41) is 4.86. The molecule has 0 unspecified atom stereocenters. The van der Waals surface area contributed by atoms with Gasteiger partial charge >= 0.3 is 0 Å². The highest BCUT2D eigenvalue weighted by Gasteiger charge is 2.23. The predicted octanol–water partition coefficient (Wildman–Crippen LogP) is 11.1. The first-order chi connectivity index (χ1) is 20.4. The lowest BCUT2D eigenvalue weighted by Gasteiger charge is -2.10. The van der Waals surface area contributed by atoms with Crippen molar-refractivity contribution in [3.05, 3.63) is 119 Å². The molecule has 5 aromatic carbocycles. The first-order valence-electron chi connectivity index (χ1n) is 14.4. The van der Waals surface area contributed by atoms with Gasteiger partial charge in [0.1, 0.15) is 11.1 Å². The van der Waals surface area contributed by atoms with Crippen molar-refractivity contribution in [1.29, 1.82) is 0 Å². The molecule has 202 valence electrons. The molecule has 3 nitrogen and oxygen atoms in total. The molecule has 0 aliphatic rings. The summed E-state index contributed by atoms with van der Waals surface area (Å²) in [6.07, 6.45) is 0. The van der Waals surface area contributed by atoms with Crippen LogP contribution >= 0.6 is 11.3 Å². The van der Waals surface area contributed by atoms with E-state index in [1.54, 1.807) is 0 Å². The standard InChI is InChI=1S/C38H28N2OS/c1-21-5-11-25(12-6-21)39-32-19-30-34(20-29(32)37-35(39)28-16-10-24(4)18-33(28)41-37)42-38-27-15-9-23(3)17-31(27)40(36(30)38)26-13-7-22(2)8-14-26/h5-20H,1-4H3. The van der Waals surface area contributed by atoms with E-state index in [4.69, 9.17) is 4.42 Å². The van der Waals surface area contributed by atoms with Gasteiger partial charge < -0.3 is 13.6 Å². The number of hydrogen-bond acceptors (Lipinski definition) is 2. The van der Waals surface area contributed by atoms with Crippen LogP contribution in [-0.4, -0.2) is 9.13 Å². The largest absolute Gasteiger partial charge is 0.454 e. The summed E-state index contributed by atoms with van der Waals surface area (Å²) in [5.74, 6) is 0. The van der Waals surface area contributed by atoms with Crippen LogP contribution in [0, 0.1) is 27.7 Å². The Morgan fingerprint density at radius 3 is 1.76 bits per heavy atom. The van der Waals surface area contributed by atoms with E-state index in [1.807, 2.05) is 11.3 Å². The lowest BCUT2D eigenvalue weighted by atomic mass is 10.1. The molecule has 0 radical (unpaired) electrons. The Labute approximate surface area is 246 Å². The molecular weight excluding hydrogens is 532 g/mol. The van der Waals surface area contributed by atoms with Gasteiger partial charge in [0, 0.05) is 37.6 Å². The molecule has 0 N–H and O–H groups in total. The van der Waals surface area contributed by atoms with Gasteiger partial charge in [0.15, 0.2) is 5.58 Å². The van der Waals surface area contributed by atoms with Crippen molar-refractivity contribution in [3.8, 4) is 11.4 Å². The van der Waals surface area contributed by atoms with E-state index in [0.29, 0.717) is 0 Å². The Morgan fingerprint density at radius 2 is 1.07 bits per heavy atom. The van der Waals surface area contributed by atoms with E-state index in [2.05, 4.69) is 134 Å². The Bertz CT molecular complexity index is 2530. The van der Waals surface area contributed by atoms with Crippen molar-refractivity contribution < 1.29 is 4.42 Å². The van der Waals surface area contributed by atoms with Gasteiger partial charge in [0.25, 0.3) is 0 Å². The molecule has 4 heteroatoms. The first-order valence-corrected chi connectivity index (χ1v) is 15.2. The lowest BCUT2D eigenvalue weighted by molar-refractivity contribution is 0.672. The number of aryl methyl sites for hydroxylation is 4. The average Bonchev–Trinajstić information content (AvgIpc) is 3.69. The number of hydrogen-bond donors (Lipinski definition) is 0. The quantitative estimate of drug-likeness (QED) is 0.206. The maximum absolute atomic E-state index is 6.64. The van der Waals surface area contributed by atoms with E-state index >= 15 is 0 Å². The third-order valence-corrected chi connectivity index (χ3v) is 9.93. The SMILES string of the molecule is Cc1ccc(-n2c3cc4c(cc3c3oc5cc(C)ccc5c32)sc2c3ccc(C)cc3n(-c3ccc(C)cc3)c42)cc1. The van der Waals surface area contributed by atoms with Gasteiger partial charge in [0.05, 0.1) is 21.3 Å². The van der Waals surface area contributed by atoms with Crippen LogP contribution in [0.2, 0.25) is 0 Å². The zero-order chi connectivity index (χ0) is 28.3. The predicted molar refractivity (Wildman–Crippen MR) is 179 cm³/mol. The average molecular weight is 561 g/mol. The summed E-state index contributed by atoms with van der Waals surface area (Å²) in [6.45, 7) is 8.58. The van der Waals surface area contributed by atoms with Gasteiger partial charge in [-0.25, -0.2) is 0 Å². The van der Waals surface area contributed by atoms with Gasteiger partial charge in [-0.1, -0.05) is 53.6 Å². The number of fused-ring (bicyclic) bond motifs is 10. The van der Waals surface area contributed by atoms with Crippen LogP contribution < -0.4 is 0 Å². The minimum atomic E-state index is 0.936. The number of thiophene rings is 1. The molecule has 9 rings (SSSR count). The molecule has 0 bridgehead atoms. The normalized spacial score (nSPS) is 12.3. The number of benzene rings is 5. The van der Waals surface area contributed by atoms with Crippen molar-refractivity contribution in [2.45, 2.75) is 27.7 Å². The summed E-state index contributed by atoms with van der Waals surface area (Å²) in [4.78, 5) is 0. The monoisotopic (exact) mass is 560 g/mol.